The van der Waals surface area contributed by atoms with E-state index in [0.29, 0.717) is 26.1 Å². The van der Waals surface area contributed by atoms with E-state index < -0.39 is 6.04 Å². The number of rotatable bonds is 7. The fourth-order valence-electron chi connectivity index (χ4n) is 1.39. The predicted octanol–water partition coefficient (Wildman–Crippen LogP) is -0.328. The fourth-order valence-corrected chi connectivity index (χ4v) is 1.39. The number of amides is 1. The first kappa shape index (κ1) is 13.7. The number of aryl methyl sites for hydroxylation is 1. The first-order valence-corrected chi connectivity index (χ1v) is 5.64. The second-order valence-corrected chi connectivity index (χ2v) is 3.96. The van der Waals surface area contributed by atoms with Crippen molar-refractivity contribution in [2.45, 2.75) is 25.9 Å². The summed E-state index contributed by atoms with van der Waals surface area (Å²) < 4.78 is 6.65. The highest BCUT2D eigenvalue weighted by atomic mass is 16.5. The summed E-state index contributed by atoms with van der Waals surface area (Å²) in [5.41, 5.74) is 6.78. The van der Waals surface area contributed by atoms with Crippen molar-refractivity contribution in [3.63, 3.8) is 0 Å². The monoisotopic (exact) mass is 240 g/mol. The number of hydrogen-bond acceptors (Lipinski definition) is 4. The topological polar surface area (TPSA) is 82.2 Å². The van der Waals surface area contributed by atoms with E-state index in [1.165, 1.54) is 0 Å². The smallest absolute Gasteiger partial charge is 0.237 e. The van der Waals surface area contributed by atoms with Crippen LogP contribution in [0.2, 0.25) is 0 Å². The van der Waals surface area contributed by atoms with Crippen molar-refractivity contribution in [3.05, 3.63) is 18.0 Å². The Labute approximate surface area is 101 Å². The normalized spacial score (nSPS) is 12.4. The maximum absolute atomic E-state index is 11.5. The van der Waals surface area contributed by atoms with E-state index in [2.05, 4.69) is 10.4 Å². The van der Waals surface area contributed by atoms with Gasteiger partial charge in [0.1, 0.15) is 0 Å². The van der Waals surface area contributed by atoms with Gasteiger partial charge in [-0.05, 0) is 18.9 Å². The SMILES string of the molecule is COCCC(N)C(=O)NCCn1cc(C)cn1. The van der Waals surface area contributed by atoms with E-state index in [1.807, 2.05) is 13.1 Å². The third kappa shape index (κ3) is 4.97. The van der Waals surface area contributed by atoms with Gasteiger partial charge in [-0.25, -0.2) is 0 Å². The third-order valence-electron chi connectivity index (χ3n) is 2.37. The summed E-state index contributed by atoms with van der Waals surface area (Å²) in [5.74, 6) is -0.147. The van der Waals surface area contributed by atoms with Gasteiger partial charge in [-0.2, -0.15) is 5.10 Å². The van der Waals surface area contributed by atoms with Gasteiger partial charge in [0.25, 0.3) is 0 Å². The van der Waals surface area contributed by atoms with Crippen molar-refractivity contribution in [2.24, 2.45) is 5.73 Å². The van der Waals surface area contributed by atoms with Crippen LogP contribution in [0.4, 0.5) is 0 Å². The zero-order valence-corrected chi connectivity index (χ0v) is 10.3. The first-order valence-electron chi connectivity index (χ1n) is 5.64. The molecule has 0 spiro atoms. The Bertz CT molecular complexity index is 351. The standard InChI is InChI=1S/C11H20N4O2/c1-9-7-14-15(8-9)5-4-13-11(16)10(12)3-6-17-2/h7-8,10H,3-6,12H2,1-2H3,(H,13,16). The summed E-state index contributed by atoms with van der Waals surface area (Å²) in [4.78, 5) is 11.5. The van der Waals surface area contributed by atoms with E-state index in [4.69, 9.17) is 10.5 Å². The van der Waals surface area contributed by atoms with Crippen LogP contribution in [-0.4, -0.2) is 42.0 Å². The fraction of sp³-hybridized carbons (Fsp3) is 0.636. The second-order valence-electron chi connectivity index (χ2n) is 3.96. The summed E-state index contributed by atoms with van der Waals surface area (Å²) >= 11 is 0. The van der Waals surface area contributed by atoms with E-state index in [0.717, 1.165) is 5.56 Å². The number of nitrogens with zero attached hydrogens (tertiary/aromatic N) is 2. The lowest BCUT2D eigenvalue weighted by molar-refractivity contribution is -0.122. The molecule has 0 aliphatic rings. The van der Waals surface area contributed by atoms with Gasteiger partial charge >= 0.3 is 0 Å². The highest BCUT2D eigenvalue weighted by Crippen LogP contribution is 1.93. The molecule has 1 amide bonds. The molecule has 0 saturated heterocycles. The molecular formula is C11H20N4O2. The van der Waals surface area contributed by atoms with Gasteiger partial charge in [0, 0.05) is 26.5 Å². The zero-order valence-electron chi connectivity index (χ0n) is 10.3. The van der Waals surface area contributed by atoms with E-state index in [-0.39, 0.29) is 5.91 Å². The van der Waals surface area contributed by atoms with Gasteiger partial charge < -0.3 is 15.8 Å². The maximum Gasteiger partial charge on any atom is 0.237 e. The molecule has 0 fully saturated rings. The Hall–Kier alpha value is -1.40. The number of hydrogen-bond donors (Lipinski definition) is 2. The van der Waals surface area contributed by atoms with Gasteiger partial charge in [0.15, 0.2) is 0 Å². The second kappa shape index (κ2) is 7.03. The van der Waals surface area contributed by atoms with Crippen LogP contribution in [0.5, 0.6) is 0 Å². The van der Waals surface area contributed by atoms with Gasteiger partial charge in [0.2, 0.25) is 5.91 Å². The van der Waals surface area contributed by atoms with Crippen LogP contribution < -0.4 is 11.1 Å². The maximum atomic E-state index is 11.5. The highest BCUT2D eigenvalue weighted by Gasteiger charge is 2.11. The predicted molar refractivity (Wildman–Crippen MR) is 64.4 cm³/mol. The number of nitrogens with one attached hydrogen (secondary N) is 1. The van der Waals surface area contributed by atoms with Crippen LogP contribution in [0, 0.1) is 6.92 Å². The minimum absolute atomic E-state index is 0.147. The molecule has 1 atom stereocenters. The van der Waals surface area contributed by atoms with Crippen molar-refractivity contribution in [2.75, 3.05) is 20.3 Å². The minimum atomic E-state index is -0.505. The Kier molecular flexibility index (Phi) is 5.65. The number of nitrogens with two attached hydrogens (primary N) is 1. The molecule has 0 aliphatic heterocycles. The minimum Gasteiger partial charge on any atom is -0.385 e. The van der Waals surface area contributed by atoms with Crippen molar-refractivity contribution in [1.29, 1.82) is 0 Å². The Balaban J connectivity index is 2.19. The van der Waals surface area contributed by atoms with Gasteiger partial charge in [0.05, 0.1) is 18.8 Å². The molecule has 0 bridgehead atoms. The summed E-state index contributed by atoms with van der Waals surface area (Å²) in [5, 5.41) is 6.89. The van der Waals surface area contributed by atoms with Crippen molar-refractivity contribution in [1.82, 2.24) is 15.1 Å². The average Bonchev–Trinajstić information content (AvgIpc) is 2.71. The summed E-state index contributed by atoms with van der Waals surface area (Å²) in [6.07, 6.45) is 4.24. The molecule has 3 N–H and O–H groups in total. The molecule has 1 aromatic rings. The zero-order chi connectivity index (χ0) is 12.7. The summed E-state index contributed by atoms with van der Waals surface area (Å²) in [7, 11) is 1.59. The van der Waals surface area contributed by atoms with Gasteiger partial charge in [-0.3, -0.25) is 9.48 Å². The lowest BCUT2D eigenvalue weighted by Gasteiger charge is -2.11. The molecule has 6 nitrogen and oxygen atoms in total. The lowest BCUT2D eigenvalue weighted by atomic mass is 10.2. The number of methoxy groups -OCH3 is 1. The molecule has 6 heteroatoms. The quantitative estimate of drug-likeness (QED) is 0.684. The molecule has 1 unspecified atom stereocenters. The van der Waals surface area contributed by atoms with Crippen LogP contribution in [0.1, 0.15) is 12.0 Å². The Morgan fingerprint density at radius 1 is 1.71 bits per heavy atom. The molecule has 1 rings (SSSR count). The van der Waals surface area contributed by atoms with Crippen LogP contribution in [0.3, 0.4) is 0 Å². The van der Waals surface area contributed by atoms with Gasteiger partial charge in [-0.1, -0.05) is 0 Å². The molecular weight excluding hydrogens is 220 g/mol. The third-order valence-corrected chi connectivity index (χ3v) is 2.37. The van der Waals surface area contributed by atoms with Gasteiger partial charge in [-0.15, -0.1) is 0 Å². The molecule has 0 aliphatic carbocycles. The molecule has 96 valence electrons. The first-order chi connectivity index (χ1) is 8.13. The van der Waals surface area contributed by atoms with Crippen molar-refractivity contribution in [3.8, 4) is 0 Å². The molecule has 0 radical (unpaired) electrons. The van der Waals surface area contributed by atoms with Crippen LogP contribution in [-0.2, 0) is 16.1 Å². The van der Waals surface area contributed by atoms with Crippen LogP contribution in [0.15, 0.2) is 12.4 Å². The Morgan fingerprint density at radius 3 is 3.06 bits per heavy atom. The highest BCUT2D eigenvalue weighted by molar-refractivity contribution is 5.81. The largest absolute Gasteiger partial charge is 0.385 e. The van der Waals surface area contributed by atoms with Crippen LogP contribution >= 0.6 is 0 Å². The van der Waals surface area contributed by atoms with Crippen molar-refractivity contribution < 1.29 is 9.53 Å². The number of carbonyl (C=O) groups excluding carboxylic acids is 1. The molecule has 17 heavy (non-hydrogen) atoms. The Morgan fingerprint density at radius 2 is 2.47 bits per heavy atom. The average molecular weight is 240 g/mol. The lowest BCUT2D eigenvalue weighted by Crippen LogP contribution is -2.42. The number of ether oxygens (including phenoxy) is 1. The molecule has 0 aromatic carbocycles. The molecule has 0 saturated carbocycles. The van der Waals surface area contributed by atoms with Crippen molar-refractivity contribution >= 4 is 5.91 Å². The summed E-state index contributed by atoms with van der Waals surface area (Å²) in [6.45, 7) is 3.65. The molecule has 1 aromatic heterocycles. The van der Waals surface area contributed by atoms with E-state index in [9.17, 15) is 4.79 Å². The summed E-state index contributed by atoms with van der Waals surface area (Å²) in [6, 6.07) is -0.505. The number of carbonyl (C=O) groups is 1. The van der Waals surface area contributed by atoms with E-state index >= 15 is 0 Å². The van der Waals surface area contributed by atoms with Crippen LogP contribution in [0.25, 0.3) is 0 Å². The van der Waals surface area contributed by atoms with E-state index in [1.54, 1.807) is 18.0 Å². The molecule has 1 heterocycles. The number of aromatic nitrogens is 2.